The van der Waals surface area contributed by atoms with Gasteiger partial charge in [-0.2, -0.15) is 15.0 Å². The molecule has 0 aliphatic heterocycles. The zero-order chi connectivity index (χ0) is 29.0. The zero-order valence-corrected chi connectivity index (χ0v) is 23.1. The molecule has 1 fully saturated rings. The van der Waals surface area contributed by atoms with Crippen molar-refractivity contribution in [3.63, 3.8) is 0 Å². The molecule has 3 heterocycles. The van der Waals surface area contributed by atoms with Gasteiger partial charge in [0.05, 0.1) is 35.2 Å². The number of nitriles is 1. The molecule has 1 atom stereocenters. The Kier molecular flexibility index (Phi) is 8.64. The van der Waals surface area contributed by atoms with Crippen LogP contribution in [0.4, 0.5) is 10.1 Å². The number of rotatable bonds is 9. The van der Waals surface area contributed by atoms with E-state index in [0.717, 1.165) is 12.8 Å². The van der Waals surface area contributed by atoms with E-state index in [1.54, 1.807) is 18.3 Å². The highest BCUT2D eigenvalue weighted by Gasteiger charge is 2.29. The number of carbonyl (C=O) groups is 2. The third-order valence-corrected chi connectivity index (χ3v) is 6.99. The number of alkyl halides is 1. The molecule has 3 aromatic rings. The maximum Gasteiger partial charge on any atom is 0.255 e. The summed E-state index contributed by atoms with van der Waals surface area (Å²) in [5.41, 5.74) is -0.00608. The number of aliphatic hydroxyl groups is 1. The first-order chi connectivity index (χ1) is 19.0. The minimum Gasteiger partial charge on any atom is -0.387 e. The highest BCUT2D eigenvalue weighted by molar-refractivity contribution is 5.99. The summed E-state index contributed by atoms with van der Waals surface area (Å²) in [7, 11) is 0. The van der Waals surface area contributed by atoms with Crippen molar-refractivity contribution in [2.45, 2.75) is 77.2 Å². The summed E-state index contributed by atoms with van der Waals surface area (Å²) in [5.74, 6) is -0.138. The lowest BCUT2D eigenvalue weighted by Gasteiger charge is -2.30. The van der Waals surface area contributed by atoms with E-state index in [4.69, 9.17) is 5.26 Å². The van der Waals surface area contributed by atoms with Gasteiger partial charge in [-0.15, -0.1) is 0 Å². The number of nitrogens with zero attached hydrogens (tertiary/aromatic N) is 5. The zero-order valence-electron chi connectivity index (χ0n) is 23.1. The molecule has 0 spiro atoms. The van der Waals surface area contributed by atoms with Gasteiger partial charge in [0.25, 0.3) is 5.91 Å². The molecule has 4 N–H and O–H groups in total. The number of hydrogen-bond donors (Lipinski definition) is 4. The number of hydrogen-bond acceptors (Lipinski definition) is 8. The van der Waals surface area contributed by atoms with E-state index in [0.29, 0.717) is 40.9 Å². The smallest absolute Gasteiger partial charge is 0.255 e. The molecule has 3 aromatic heterocycles. The summed E-state index contributed by atoms with van der Waals surface area (Å²) in [6, 6.07) is 5.50. The molecular weight excluding hydrogens is 515 g/mol. The fourth-order valence-electron chi connectivity index (χ4n) is 4.66. The van der Waals surface area contributed by atoms with Crippen LogP contribution in [-0.4, -0.2) is 67.1 Å². The van der Waals surface area contributed by atoms with E-state index in [-0.39, 0.29) is 36.0 Å². The van der Waals surface area contributed by atoms with Gasteiger partial charge in [0.1, 0.15) is 12.2 Å². The van der Waals surface area contributed by atoms with Crippen LogP contribution in [-0.2, 0) is 4.79 Å². The summed E-state index contributed by atoms with van der Waals surface area (Å²) in [6.45, 7) is 6.19. The van der Waals surface area contributed by atoms with Gasteiger partial charge in [-0.3, -0.25) is 9.59 Å². The average molecular weight is 551 g/mol. The fourth-order valence-corrected chi connectivity index (χ4v) is 4.66. The third kappa shape index (κ3) is 6.71. The first-order valence-corrected chi connectivity index (χ1v) is 13.4. The Morgan fingerprint density at radius 1 is 1.18 bits per heavy atom. The Bertz CT molecular complexity index is 1420. The highest BCUT2D eigenvalue weighted by atomic mass is 19.1. The minimum atomic E-state index is -1.66. The SMILES string of the molecule is CC(C)NC(=O)C1CCC(Nc2cc(-n3ncc4cc(C#N)cnc43)ncc2C(=O)NC[C@@H](F)C(C)(C)O)CC1. The number of halogens is 1. The predicted octanol–water partition coefficient (Wildman–Crippen LogP) is 3.02. The number of anilines is 1. The second-order valence-corrected chi connectivity index (χ2v) is 11.1. The maximum absolute atomic E-state index is 14.3. The average Bonchev–Trinajstić information content (AvgIpc) is 3.34. The minimum absolute atomic E-state index is 0.000811. The second-order valence-electron chi connectivity index (χ2n) is 11.1. The van der Waals surface area contributed by atoms with Gasteiger partial charge in [0.2, 0.25) is 5.91 Å². The number of pyridine rings is 2. The number of amides is 2. The lowest BCUT2D eigenvalue weighted by atomic mass is 9.85. The first kappa shape index (κ1) is 28.9. The molecule has 1 aliphatic carbocycles. The van der Waals surface area contributed by atoms with E-state index >= 15 is 0 Å². The maximum atomic E-state index is 14.3. The van der Waals surface area contributed by atoms with E-state index < -0.39 is 17.7 Å². The van der Waals surface area contributed by atoms with Crippen molar-refractivity contribution in [2.24, 2.45) is 5.92 Å². The molecular formula is C28H35FN8O3. The van der Waals surface area contributed by atoms with Gasteiger partial charge in [-0.25, -0.2) is 14.4 Å². The van der Waals surface area contributed by atoms with Gasteiger partial charge in [-0.1, -0.05) is 0 Å². The van der Waals surface area contributed by atoms with Crippen LogP contribution in [0.1, 0.15) is 69.3 Å². The first-order valence-electron chi connectivity index (χ1n) is 13.4. The molecule has 212 valence electrons. The molecule has 40 heavy (non-hydrogen) atoms. The molecule has 0 saturated heterocycles. The van der Waals surface area contributed by atoms with Crippen LogP contribution in [0.2, 0.25) is 0 Å². The topological polar surface area (TPSA) is 158 Å². The number of carbonyl (C=O) groups excluding carboxylic acids is 2. The van der Waals surface area contributed by atoms with Gasteiger partial charge in [-0.05, 0) is 59.4 Å². The van der Waals surface area contributed by atoms with Crippen LogP contribution >= 0.6 is 0 Å². The van der Waals surface area contributed by atoms with Crippen molar-refractivity contribution >= 4 is 28.5 Å². The van der Waals surface area contributed by atoms with Crippen LogP contribution in [0.15, 0.2) is 30.7 Å². The summed E-state index contributed by atoms with van der Waals surface area (Å²) in [4.78, 5) is 34.3. The quantitative estimate of drug-likeness (QED) is 0.317. The van der Waals surface area contributed by atoms with Gasteiger partial charge in [0, 0.05) is 41.8 Å². The van der Waals surface area contributed by atoms with Crippen molar-refractivity contribution in [1.29, 1.82) is 5.26 Å². The number of fused-ring (bicyclic) bond motifs is 1. The molecule has 2 amide bonds. The monoisotopic (exact) mass is 550 g/mol. The van der Waals surface area contributed by atoms with Gasteiger partial charge in [0.15, 0.2) is 11.5 Å². The molecule has 11 nitrogen and oxygen atoms in total. The lowest BCUT2D eigenvalue weighted by Crippen LogP contribution is -2.42. The Balaban J connectivity index is 1.59. The van der Waals surface area contributed by atoms with Gasteiger partial charge >= 0.3 is 0 Å². The van der Waals surface area contributed by atoms with Crippen LogP contribution in [0.3, 0.4) is 0 Å². The molecule has 0 radical (unpaired) electrons. The van der Waals surface area contributed by atoms with Crippen molar-refractivity contribution in [3.8, 4) is 11.9 Å². The molecule has 1 saturated carbocycles. The normalized spacial score (nSPS) is 18.2. The summed E-state index contributed by atoms with van der Waals surface area (Å²) >= 11 is 0. The number of nitrogens with one attached hydrogen (secondary N) is 3. The summed E-state index contributed by atoms with van der Waals surface area (Å²) < 4.78 is 15.8. The van der Waals surface area contributed by atoms with Crippen molar-refractivity contribution < 1.29 is 19.1 Å². The van der Waals surface area contributed by atoms with Crippen LogP contribution < -0.4 is 16.0 Å². The Hall–Kier alpha value is -4.11. The van der Waals surface area contributed by atoms with Crippen LogP contribution in [0, 0.1) is 17.2 Å². The van der Waals surface area contributed by atoms with E-state index in [9.17, 15) is 19.1 Å². The lowest BCUT2D eigenvalue weighted by molar-refractivity contribution is -0.126. The van der Waals surface area contributed by atoms with Crippen molar-refractivity contribution in [1.82, 2.24) is 30.4 Å². The third-order valence-electron chi connectivity index (χ3n) is 6.99. The van der Waals surface area contributed by atoms with Gasteiger partial charge < -0.3 is 21.1 Å². The molecule has 1 aliphatic rings. The van der Waals surface area contributed by atoms with E-state index in [2.05, 4.69) is 37.1 Å². The summed E-state index contributed by atoms with van der Waals surface area (Å²) in [5, 5.41) is 33.1. The molecule has 0 bridgehead atoms. The molecule has 0 unspecified atom stereocenters. The second kappa shape index (κ2) is 12.0. The van der Waals surface area contributed by atoms with Crippen LogP contribution in [0.5, 0.6) is 0 Å². The Labute approximate surface area is 232 Å². The van der Waals surface area contributed by atoms with E-state index in [1.165, 1.54) is 30.9 Å². The largest absolute Gasteiger partial charge is 0.387 e. The van der Waals surface area contributed by atoms with Crippen molar-refractivity contribution in [3.05, 3.63) is 41.9 Å². The van der Waals surface area contributed by atoms with Crippen molar-refractivity contribution in [2.75, 3.05) is 11.9 Å². The Morgan fingerprint density at radius 3 is 2.55 bits per heavy atom. The number of aromatic nitrogens is 4. The van der Waals surface area contributed by atoms with Crippen LogP contribution in [0.25, 0.3) is 16.9 Å². The standard InChI is InChI=1S/C28H35FN8O3/c1-16(2)35-26(38)18-5-7-20(8-6-18)36-22-10-24(37-25-19(13-34-37)9-17(11-30)12-32-25)31-14-21(22)27(39)33-15-23(29)28(3,4)40/h9-10,12-14,16,18,20,23,40H,5-8,15H2,1-4H3,(H,31,36)(H,33,39)(H,35,38)/t18?,20?,23-/m1/s1. The Morgan fingerprint density at radius 2 is 1.90 bits per heavy atom. The molecule has 12 heteroatoms. The predicted molar refractivity (Wildman–Crippen MR) is 148 cm³/mol. The van der Waals surface area contributed by atoms with E-state index in [1.807, 2.05) is 13.8 Å². The summed E-state index contributed by atoms with van der Waals surface area (Å²) in [6.07, 6.45) is 5.63. The molecule has 4 rings (SSSR count). The fraction of sp³-hybridized carbons (Fsp3) is 0.500. The molecule has 0 aromatic carbocycles. The highest BCUT2D eigenvalue weighted by Crippen LogP contribution is 2.29.